The summed E-state index contributed by atoms with van der Waals surface area (Å²) >= 11 is 0. The van der Waals surface area contributed by atoms with E-state index in [1.54, 1.807) is 36.2 Å². The minimum absolute atomic E-state index is 0.165. The van der Waals surface area contributed by atoms with Gasteiger partial charge in [-0.05, 0) is 52.7 Å². The Morgan fingerprint density at radius 2 is 1.62 bits per heavy atom. The van der Waals surface area contributed by atoms with Crippen molar-refractivity contribution >= 4 is 16.2 Å². The highest BCUT2D eigenvalue weighted by Crippen LogP contribution is 2.14. The lowest BCUT2D eigenvalue weighted by Gasteiger charge is -2.24. The van der Waals surface area contributed by atoms with Gasteiger partial charge in [0.1, 0.15) is 5.60 Å². The highest BCUT2D eigenvalue weighted by atomic mass is 32.2. The minimum Gasteiger partial charge on any atom is -0.444 e. The third kappa shape index (κ3) is 8.67. The average Bonchev–Trinajstić information content (AvgIpc) is 2.52. The summed E-state index contributed by atoms with van der Waals surface area (Å²) in [5.74, 6) is 0. The molecule has 0 aliphatic heterocycles. The molecule has 7 heteroatoms. The van der Waals surface area contributed by atoms with Gasteiger partial charge in [-0.25, -0.2) is 4.79 Å². The zero-order valence-corrected chi connectivity index (χ0v) is 17.3. The standard InChI is InChI=1S/C19H31NO5S/c1-16-10-12-17(13-11-16)26(22,23)24-15-9-7-6-8-14-20(5)18(21)25-19(2,3)4/h10-13H,6-9,14-15H2,1-5H3. The molecule has 0 N–H and O–H groups in total. The van der Waals surface area contributed by atoms with Crippen molar-refractivity contribution in [3.63, 3.8) is 0 Å². The largest absolute Gasteiger partial charge is 0.444 e. The SMILES string of the molecule is Cc1ccc(S(=O)(=O)OCCCCCCN(C)C(=O)OC(C)(C)C)cc1. The van der Waals surface area contributed by atoms with Gasteiger partial charge in [0, 0.05) is 13.6 Å². The summed E-state index contributed by atoms with van der Waals surface area (Å²) in [4.78, 5) is 13.5. The quantitative estimate of drug-likeness (QED) is 0.472. The second kappa shape index (κ2) is 9.92. The number of rotatable bonds is 9. The van der Waals surface area contributed by atoms with E-state index in [1.807, 2.05) is 27.7 Å². The van der Waals surface area contributed by atoms with Crippen LogP contribution in [0, 0.1) is 6.92 Å². The molecule has 0 radical (unpaired) electrons. The molecule has 0 saturated heterocycles. The van der Waals surface area contributed by atoms with Gasteiger partial charge in [-0.2, -0.15) is 8.42 Å². The highest BCUT2D eigenvalue weighted by Gasteiger charge is 2.19. The maximum absolute atomic E-state index is 12.0. The Kier molecular flexibility index (Phi) is 8.56. The molecule has 6 nitrogen and oxygen atoms in total. The Labute approximate surface area is 157 Å². The molecule has 0 aliphatic carbocycles. The van der Waals surface area contributed by atoms with Crippen LogP contribution in [0.2, 0.25) is 0 Å². The Bertz CT molecular complexity index is 662. The van der Waals surface area contributed by atoms with E-state index in [9.17, 15) is 13.2 Å². The molecule has 1 aromatic carbocycles. The van der Waals surface area contributed by atoms with Crippen molar-refractivity contribution in [1.29, 1.82) is 0 Å². The molecule has 0 heterocycles. The Morgan fingerprint density at radius 1 is 1.04 bits per heavy atom. The van der Waals surface area contributed by atoms with E-state index in [2.05, 4.69) is 0 Å². The van der Waals surface area contributed by atoms with E-state index < -0.39 is 15.7 Å². The van der Waals surface area contributed by atoms with Gasteiger partial charge in [-0.1, -0.05) is 30.5 Å². The van der Waals surface area contributed by atoms with Gasteiger partial charge < -0.3 is 9.64 Å². The number of benzene rings is 1. The van der Waals surface area contributed by atoms with Gasteiger partial charge in [0.25, 0.3) is 10.1 Å². The van der Waals surface area contributed by atoms with Crippen molar-refractivity contribution in [2.75, 3.05) is 20.2 Å². The summed E-state index contributed by atoms with van der Waals surface area (Å²) in [6.07, 6.45) is 2.89. The number of unbranched alkanes of at least 4 members (excludes halogenated alkanes) is 3. The number of hydrogen-bond acceptors (Lipinski definition) is 5. The average molecular weight is 386 g/mol. The number of aryl methyl sites for hydroxylation is 1. The first-order valence-corrected chi connectivity index (χ1v) is 10.3. The molecule has 1 aromatic rings. The lowest BCUT2D eigenvalue weighted by molar-refractivity contribution is 0.0296. The van der Waals surface area contributed by atoms with Crippen LogP contribution in [0.15, 0.2) is 29.2 Å². The van der Waals surface area contributed by atoms with Crippen LogP contribution < -0.4 is 0 Å². The highest BCUT2D eigenvalue weighted by molar-refractivity contribution is 7.86. The smallest absolute Gasteiger partial charge is 0.410 e. The van der Waals surface area contributed by atoms with E-state index in [-0.39, 0.29) is 17.6 Å². The molecule has 0 fully saturated rings. The van der Waals surface area contributed by atoms with E-state index in [0.717, 1.165) is 24.8 Å². The summed E-state index contributed by atoms with van der Waals surface area (Å²) < 4.78 is 34.4. The lowest BCUT2D eigenvalue weighted by Crippen LogP contribution is -2.34. The number of amides is 1. The van der Waals surface area contributed by atoms with Crippen LogP contribution in [0.4, 0.5) is 4.79 Å². The summed E-state index contributed by atoms with van der Waals surface area (Å²) in [5.41, 5.74) is 0.506. The van der Waals surface area contributed by atoms with Crippen LogP contribution in [0.5, 0.6) is 0 Å². The number of nitrogens with zero attached hydrogens (tertiary/aromatic N) is 1. The second-order valence-electron chi connectivity index (χ2n) is 7.41. The van der Waals surface area contributed by atoms with Gasteiger partial charge >= 0.3 is 6.09 Å². The Hall–Kier alpha value is -1.60. The molecule has 26 heavy (non-hydrogen) atoms. The zero-order valence-electron chi connectivity index (χ0n) is 16.4. The van der Waals surface area contributed by atoms with Gasteiger partial charge in [0.15, 0.2) is 0 Å². The van der Waals surface area contributed by atoms with E-state index >= 15 is 0 Å². The maximum atomic E-state index is 12.0. The molecule has 0 saturated carbocycles. The molecule has 148 valence electrons. The van der Waals surface area contributed by atoms with Crippen LogP contribution in [0.25, 0.3) is 0 Å². The van der Waals surface area contributed by atoms with Crippen LogP contribution in [-0.4, -0.2) is 45.2 Å². The summed E-state index contributed by atoms with van der Waals surface area (Å²) in [7, 11) is -1.97. The van der Waals surface area contributed by atoms with Gasteiger partial charge in [0.2, 0.25) is 0 Å². The monoisotopic (exact) mass is 385 g/mol. The Morgan fingerprint density at radius 3 is 2.19 bits per heavy atom. The Balaban J connectivity index is 2.19. The van der Waals surface area contributed by atoms with Crippen molar-refractivity contribution in [2.24, 2.45) is 0 Å². The number of hydrogen-bond donors (Lipinski definition) is 0. The first-order chi connectivity index (χ1) is 12.0. The van der Waals surface area contributed by atoms with Gasteiger partial charge in [0.05, 0.1) is 11.5 Å². The van der Waals surface area contributed by atoms with Crippen molar-refractivity contribution in [3.05, 3.63) is 29.8 Å². The molecule has 1 amide bonds. The third-order valence-corrected chi connectivity index (χ3v) is 4.97. The van der Waals surface area contributed by atoms with Crippen LogP contribution in [0.3, 0.4) is 0 Å². The lowest BCUT2D eigenvalue weighted by atomic mass is 10.2. The topological polar surface area (TPSA) is 72.9 Å². The van der Waals surface area contributed by atoms with Crippen molar-refractivity contribution in [3.8, 4) is 0 Å². The summed E-state index contributed by atoms with van der Waals surface area (Å²) in [6.45, 7) is 8.18. The fraction of sp³-hybridized carbons (Fsp3) is 0.632. The van der Waals surface area contributed by atoms with E-state index in [1.165, 1.54) is 0 Å². The first kappa shape index (κ1) is 22.4. The molecule has 0 atom stereocenters. The minimum atomic E-state index is -3.68. The van der Waals surface area contributed by atoms with Crippen molar-refractivity contribution in [2.45, 2.75) is 63.9 Å². The molecule has 0 unspecified atom stereocenters. The van der Waals surface area contributed by atoms with Gasteiger partial charge in [-0.3, -0.25) is 4.18 Å². The fourth-order valence-corrected chi connectivity index (χ4v) is 3.12. The number of carbonyl (C=O) groups excluding carboxylic acids is 1. The van der Waals surface area contributed by atoms with Crippen molar-refractivity contribution < 1.29 is 22.1 Å². The number of carbonyl (C=O) groups is 1. The summed E-state index contributed by atoms with van der Waals surface area (Å²) in [6, 6.07) is 6.60. The third-order valence-electron chi connectivity index (χ3n) is 3.64. The van der Waals surface area contributed by atoms with Crippen LogP contribution in [-0.2, 0) is 19.0 Å². The van der Waals surface area contributed by atoms with E-state index in [0.29, 0.717) is 13.0 Å². The summed E-state index contributed by atoms with van der Waals surface area (Å²) in [5, 5.41) is 0. The number of ether oxygens (including phenoxy) is 1. The van der Waals surface area contributed by atoms with Crippen LogP contribution >= 0.6 is 0 Å². The molecule has 0 aliphatic rings. The molecular formula is C19H31NO5S. The van der Waals surface area contributed by atoms with E-state index in [4.69, 9.17) is 8.92 Å². The molecule has 0 spiro atoms. The van der Waals surface area contributed by atoms with Crippen LogP contribution in [0.1, 0.15) is 52.0 Å². The molecule has 0 aromatic heterocycles. The van der Waals surface area contributed by atoms with Crippen molar-refractivity contribution in [1.82, 2.24) is 4.90 Å². The zero-order chi connectivity index (χ0) is 19.8. The first-order valence-electron chi connectivity index (χ1n) is 8.91. The van der Waals surface area contributed by atoms with Gasteiger partial charge in [-0.15, -0.1) is 0 Å². The molecule has 0 bridgehead atoms. The fourth-order valence-electron chi connectivity index (χ4n) is 2.18. The predicted molar refractivity (Wildman–Crippen MR) is 102 cm³/mol. The second-order valence-corrected chi connectivity index (χ2v) is 9.02. The maximum Gasteiger partial charge on any atom is 0.410 e. The molecular weight excluding hydrogens is 354 g/mol. The predicted octanol–water partition coefficient (Wildman–Crippen LogP) is 4.13. The normalized spacial score (nSPS) is 12.0. The molecule has 1 rings (SSSR count).